The minimum atomic E-state index is 0.108. The number of aromatic nitrogens is 1. The molecule has 0 aliphatic rings. The molecule has 2 aromatic rings. The van der Waals surface area contributed by atoms with E-state index in [0.29, 0.717) is 10.8 Å². The van der Waals surface area contributed by atoms with E-state index < -0.39 is 0 Å². The van der Waals surface area contributed by atoms with Gasteiger partial charge in [-0.2, -0.15) is 0 Å². The number of aryl methyl sites for hydroxylation is 3. The number of oxime groups is 1. The van der Waals surface area contributed by atoms with Crippen LogP contribution >= 0.6 is 11.8 Å². The van der Waals surface area contributed by atoms with Gasteiger partial charge in [-0.1, -0.05) is 5.16 Å². The van der Waals surface area contributed by atoms with Crippen LogP contribution in [-0.4, -0.2) is 16.0 Å². The van der Waals surface area contributed by atoms with E-state index in [1.807, 2.05) is 39.0 Å². The Hall–Kier alpha value is -1.95. The van der Waals surface area contributed by atoms with Crippen LogP contribution in [0.2, 0.25) is 0 Å². The molecule has 1 heterocycles. The predicted octanol–water partition coefficient (Wildman–Crippen LogP) is 2.85. The van der Waals surface area contributed by atoms with Crippen molar-refractivity contribution in [3.05, 3.63) is 40.8 Å². The maximum absolute atomic E-state index is 8.68. The van der Waals surface area contributed by atoms with Gasteiger partial charge < -0.3 is 15.4 Å². The van der Waals surface area contributed by atoms with Crippen molar-refractivity contribution in [3.8, 4) is 0 Å². The molecule has 0 radical (unpaired) electrons. The first-order valence-electron chi connectivity index (χ1n) is 5.71. The standard InChI is InChI=1S/C13H15N3O2S/c1-7-6-10(4-5-11(7)12(14)16-17)19-13-15-8(2)9(3)18-13/h4-6,17H,1-3H3,(H2,14,16). The summed E-state index contributed by atoms with van der Waals surface area (Å²) in [6.45, 7) is 5.71. The van der Waals surface area contributed by atoms with E-state index in [2.05, 4.69) is 10.1 Å². The molecule has 19 heavy (non-hydrogen) atoms. The van der Waals surface area contributed by atoms with Crippen molar-refractivity contribution in [3.63, 3.8) is 0 Å². The Morgan fingerprint density at radius 1 is 1.37 bits per heavy atom. The number of oxazole rings is 1. The van der Waals surface area contributed by atoms with E-state index in [9.17, 15) is 0 Å². The van der Waals surface area contributed by atoms with Gasteiger partial charge in [-0.25, -0.2) is 4.98 Å². The topological polar surface area (TPSA) is 84.6 Å². The fraction of sp³-hybridized carbons (Fsp3) is 0.231. The molecule has 0 unspecified atom stereocenters. The molecule has 3 N–H and O–H groups in total. The second-order valence-electron chi connectivity index (χ2n) is 4.19. The van der Waals surface area contributed by atoms with Crippen LogP contribution in [0.25, 0.3) is 0 Å². The normalized spacial score (nSPS) is 11.8. The SMILES string of the molecule is Cc1cc(Sc2nc(C)c(C)o2)ccc1/C(N)=N/O. The van der Waals surface area contributed by atoms with Crippen molar-refractivity contribution in [2.75, 3.05) is 0 Å². The molecule has 0 aliphatic heterocycles. The minimum absolute atomic E-state index is 0.108. The molecule has 0 aliphatic carbocycles. The van der Waals surface area contributed by atoms with Gasteiger partial charge in [-0.05, 0) is 56.3 Å². The zero-order valence-corrected chi connectivity index (χ0v) is 11.8. The molecule has 0 saturated carbocycles. The summed E-state index contributed by atoms with van der Waals surface area (Å²) in [4.78, 5) is 5.31. The average Bonchev–Trinajstić information content (AvgIpc) is 2.67. The van der Waals surface area contributed by atoms with Crippen LogP contribution in [0.4, 0.5) is 0 Å². The fourth-order valence-corrected chi connectivity index (χ4v) is 2.55. The van der Waals surface area contributed by atoms with E-state index in [1.165, 1.54) is 11.8 Å². The molecule has 5 nitrogen and oxygen atoms in total. The van der Waals surface area contributed by atoms with E-state index in [1.54, 1.807) is 0 Å². The van der Waals surface area contributed by atoms with Gasteiger partial charge in [0.05, 0.1) is 5.69 Å². The third-order valence-electron chi connectivity index (χ3n) is 2.80. The van der Waals surface area contributed by atoms with Gasteiger partial charge in [0, 0.05) is 10.5 Å². The first-order chi connectivity index (χ1) is 9.01. The minimum Gasteiger partial charge on any atom is -0.436 e. The maximum atomic E-state index is 8.68. The molecule has 6 heteroatoms. The van der Waals surface area contributed by atoms with Gasteiger partial charge >= 0.3 is 0 Å². The lowest BCUT2D eigenvalue weighted by Gasteiger charge is -2.05. The van der Waals surface area contributed by atoms with Gasteiger partial charge in [0.2, 0.25) is 0 Å². The molecule has 0 amide bonds. The zero-order chi connectivity index (χ0) is 14.0. The number of amidine groups is 1. The third kappa shape index (κ3) is 2.90. The maximum Gasteiger partial charge on any atom is 0.260 e. The van der Waals surface area contributed by atoms with Crippen molar-refractivity contribution in [2.45, 2.75) is 30.9 Å². The Kier molecular flexibility index (Phi) is 3.80. The fourth-order valence-electron chi connectivity index (χ4n) is 1.63. The van der Waals surface area contributed by atoms with Gasteiger partial charge in [0.1, 0.15) is 5.76 Å². The second kappa shape index (κ2) is 5.36. The highest BCUT2D eigenvalue weighted by molar-refractivity contribution is 7.99. The van der Waals surface area contributed by atoms with Crippen LogP contribution in [-0.2, 0) is 0 Å². The third-order valence-corrected chi connectivity index (χ3v) is 3.63. The quantitative estimate of drug-likeness (QED) is 0.390. The van der Waals surface area contributed by atoms with Gasteiger partial charge in [-0.15, -0.1) is 0 Å². The van der Waals surface area contributed by atoms with Crippen molar-refractivity contribution in [1.82, 2.24) is 4.98 Å². The molecule has 1 aromatic carbocycles. The van der Waals surface area contributed by atoms with Crippen molar-refractivity contribution >= 4 is 17.6 Å². The first-order valence-corrected chi connectivity index (χ1v) is 6.53. The number of hydrogen-bond donors (Lipinski definition) is 2. The number of hydrogen-bond acceptors (Lipinski definition) is 5. The smallest absolute Gasteiger partial charge is 0.260 e. The molecule has 100 valence electrons. The molecule has 0 bridgehead atoms. The van der Waals surface area contributed by atoms with E-state index >= 15 is 0 Å². The molecule has 0 saturated heterocycles. The summed E-state index contributed by atoms with van der Waals surface area (Å²) >= 11 is 1.44. The Labute approximate surface area is 115 Å². The lowest BCUT2D eigenvalue weighted by molar-refractivity contribution is 0.318. The van der Waals surface area contributed by atoms with Crippen LogP contribution in [0, 0.1) is 20.8 Å². The predicted molar refractivity (Wildman–Crippen MR) is 73.8 cm³/mol. The van der Waals surface area contributed by atoms with Crippen LogP contribution in [0.5, 0.6) is 0 Å². The van der Waals surface area contributed by atoms with E-state index in [-0.39, 0.29) is 5.84 Å². The van der Waals surface area contributed by atoms with Gasteiger partial charge in [-0.3, -0.25) is 0 Å². The van der Waals surface area contributed by atoms with Gasteiger partial charge in [0.25, 0.3) is 5.22 Å². The first kappa shape index (κ1) is 13.5. The number of rotatable bonds is 3. The molecule has 0 atom stereocenters. The molecule has 0 fully saturated rings. The van der Waals surface area contributed by atoms with Crippen LogP contribution < -0.4 is 5.73 Å². The molecule has 0 spiro atoms. The van der Waals surface area contributed by atoms with Crippen molar-refractivity contribution in [2.24, 2.45) is 10.9 Å². The summed E-state index contributed by atoms with van der Waals surface area (Å²) in [6, 6.07) is 5.65. The Morgan fingerprint density at radius 3 is 2.63 bits per heavy atom. The second-order valence-corrected chi connectivity index (χ2v) is 5.21. The van der Waals surface area contributed by atoms with Crippen molar-refractivity contribution < 1.29 is 9.62 Å². The largest absolute Gasteiger partial charge is 0.436 e. The number of nitrogens with zero attached hydrogens (tertiary/aromatic N) is 2. The van der Waals surface area contributed by atoms with Crippen molar-refractivity contribution in [1.29, 1.82) is 0 Å². The molecule has 2 rings (SSSR count). The Balaban J connectivity index is 2.25. The van der Waals surface area contributed by atoms with Crippen LogP contribution in [0.3, 0.4) is 0 Å². The monoisotopic (exact) mass is 277 g/mol. The highest BCUT2D eigenvalue weighted by Crippen LogP contribution is 2.29. The van der Waals surface area contributed by atoms with E-state index in [0.717, 1.165) is 21.9 Å². The van der Waals surface area contributed by atoms with Crippen LogP contribution in [0.1, 0.15) is 22.6 Å². The highest BCUT2D eigenvalue weighted by Gasteiger charge is 2.09. The van der Waals surface area contributed by atoms with Gasteiger partial charge in [0.15, 0.2) is 5.84 Å². The lowest BCUT2D eigenvalue weighted by atomic mass is 10.1. The molecular formula is C13H15N3O2S. The van der Waals surface area contributed by atoms with Crippen LogP contribution in [0.15, 0.2) is 37.9 Å². The Bertz CT molecular complexity index is 615. The highest BCUT2D eigenvalue weighted by atomic mass is 32.2. The summed E-state index contributed by atoms with van der Waals surface area (Å²) in [5.74, 6) is 0.935. The number of benzene rings is 1. The van der Waals surface area contributed by atoms with E-state index in [4.69, 9.17) is 15.4 Å². The lowest BCUT2D eigenvalue weighted by Crippen LogP contribution is -2.14. The molecular weight excluding hydrogens is 262 g/mol. The summed E-state index contributed by atoms with van der Waals surface area (Å²) in [6.07, 6.45) is 0. The summed E-state index contributed by atoms with van der Waals surface area (Å²) < 4.78 is 5.52. The zero-order valence-electron chi connectivity index (χ0n) is 11.0. The average molecular weight is 277 g/mol. The number of nitrogens with two attached hydrogens (primary N) is 1. The summed E-state index contributed by atoms with van der Waals surface area (Å²) in [5.41, 5.74) is 8.12. The Morgan fingerprint density at radius 2 is 2.11 bits per heavy atom. The summed E-state index contributed by atoms with van der Waals surface area (Å²) in [7, 11) is 0. The summed E-state index contributed by atoms with van der Waals surface area (Å²) in [5, 5.41) is 12.3. The molecule has 1 aromatic heterocycles.